The quantitative estimate of drug-likeness (QED) is 0.107. The first-order valence-corrected chi connectivity index (χ1v) is 8.75. The van der Waals surface area contributed by atoms with Crippen molar-refractivity contribution < 1.29 is 80.3 Å². The zero-order valence-electron chi connectivity index (χ0n) is 17.5. The van der Waals surface area contributed by atoms with Crippen LogP contribution in [0.2, 0.25) is 0 Å². The molecule has 0 bridgehead atoms. The van der Waals surface area contributed by atoms with Crippen LogP contribution >= 0.6 is 0 Å². The third-order valence-corrected chi connectivity index (χ3v) is 2.69. The molecule has 8 heteroatoms. The maximum atomic E-state index is 10.0. The average Bonchev–Trinajstić information content (AvgIpc) is 3.33. The minimum Gasteiger partial charge on any atom is -0.560 e. The zero-order valence-corrected chi connectivity index (χ0v) is 23.2. The van der Waals surface area contributed by atoms with E-state index in [1.807, 2.05) is 76.2 Å². The largest absolute Gasteiger partial charge is 0.560 e. The maximum Gasteiger partial charge on any atom is 0.150 e. The van der Waals surface area contributed by atoms with Crippen molar-refractivity contribution >= 4 is 18.8 Å². The Morgan fingerprint density at radius 1 is 1.07 bits per heavy atom. The molecule has 1 atom stereocenters. The molecule has 0 saturated carbocycles. The van der Waals surface area contributed by atoms with Gasteiger partial charge >= 0.3 is 0 Å². The fourth-order valence-corrected chi connectivity index (χ4v) is 1.64. The Morgan fingerprint density at radius 2 is 1.52 bits per heavy atom. The SMILES string of the molecule is CC.CC.N[C-]=NO.O=Cc1ccccc1.[C-]1=NOC(c2ccccc2)C1.[Y].[Y]. The van der Waals surface area contributed by atoms with Crippen molar-refractivity contribution in [2.45, 2.75) is 40.2 Å². The van der Waals surface area contributed by atoms with E-state index in [4.69, 9.17) is 10.0 Å². The smallest absolute Gasteiger partial charge is 0.150 e. The van der Waals surface area contributed by atoms with Gasteiger partial charge in [-0.25, -0.2) is 0 Å². The fraction of sp³-hybridized carbons (Fsp3) is 0.286. The van der Waals surface area contributed by atoms with Crippen LogP contribution in [0.1, 0.15) is 56.1 Å². The van der Waals surface area contributed by atoms with Crippen LogP contribution in [0, 0.1) is 0 Å². The number of rotatable bonds is 2. The maximum absolute atomic E-state index is 10.0. The van der Waals surface area contributed by atoms with E-state index in [1.54, 1.807) is 18.5 Å². The molecule has 3 rings (SSSR count). The summed E-state index contributed by atoms with van der Waals surface area (Å²) in [5, 5.41) is 13.1. The number of hydrogen-bond donors (Lipinski definition) is 2. The van der Waals surface area contributed by atoms with Crippen molar-refractivity contribution in [3.05, 3.63) is 71.8 Å². The van der Waals surface area contributed by atoms with Crippen molar-refractivity contribution in [1.82, 2.24) is 0 Å². The Hall–Kier alpha value is -0.942. The van der Waals surface area contributed by atoms with Gasteiger partial charge in [-0.05, 0) is 5.56 Å². The predicted molar refractivity (Wildman–Crippen MR) is 110 cm³/mol. The Bertz CT molecular complexity index is 601. The Balaban J connectivity index is -0.000000155. The Morgan fingerprint density at radius 3 is 1.83 bits per heavy atom. The van der Waals surface area contributed by atoms with Gasteiger partial charge in [0.2, 0.25) is 0 Å². The average molecular weight is 549 g/mol. The Labute approximate surface area is 225 Å². The molecule has 0 aliphatic carbocycles. The van der Waals surface area contributed by atoms with Crippen LogP contribution in [0.25, 0.3) is 0 Å². The van der Waals surface area contributed by atoms with Gasteiger partial charge in [-0.1, -0.05) is 88.4 Å². The minimum absolute atomic E-state index is 0. The predicted octanol–water partition coefficient (Wildman–Crippen LogP) is 4.80. The molecule has 0 saturated heterocycles. The molecule has 3 N–H and O–H groups in total. The third kappa shape index (κ3) is 20.1. The van der Waals surface area contributed by atoms with Crippen LogP contribution in [-0.4, -0.2) is 24.0 Å². The van der Waals surface area contributed by atoms with Crippen molar-refractivity contribution in [3.63, 3.8) is 0 Å². The van der Waals surface area contributed by atoms with Crippen LogP contribution in [0.3, 0.4) is 0 Å². The van der Waals surface area contributed by atoms with Gasteiger partial charge in [0.05, 0.1) is 0 Å². The summed E-state index contributed by atoms with van der Waals surface area (Å²) in [6.07, 6.45) is 6.08. The first kappa shape index (κ1) is 35.5. The number of aldehydes is 1. The molecule has 1 heterocycles. The van der Waals surface area contributed by atoms with E-state index in [0.717, 1.165) is 18.3 Å². The van der Waals surface area contributed by atoms with E-state index in [1.165, 1.54) is 5.56 Å². The number of hydrogen-bond acceptors (Lipinski definition) is 5. The molecule has 6 nitrogen and oxygen atoms in total. The topological polar surface area (TPSA) is 97.3 Å². The molecule has 0 aromatic heterocycles. The minimum atomic E-state index is 0. The summed E-state index contributed by atoms with van der Waals surface area (Å²) in [5.41, 5.74) is 6.26. The number of carbonyl (C=O) groups is 1. The van der Waals surface area contributed by atoms with Crippen LogP contribution in [0.4, 0.5) is 0 Å². The van der Waals surface area contributed by atoms with Crippen molar-refractivity contribution in [3.8, 4) is 0 Å². The van der Waals surface area contributed by atoms with E-state index in [2.05, 4.69) is 22.3 Å². The number of benzene rings is 2. The number of carbonyl (C=O) groups excluding carboxylic acids is 1. The van der Waals surface area contributed by atoms with Crippen LogP contribution in [0.5, 0.6) is 0 Å². The van der Waals surface area contributed by atoms with Crippen LogP contribution in [-0.2, 0) is 70.3 Å². The standard InChI is InChI=1S/C9H8NO.C7H6O.2C2H6.CH3N2O.2Y/c1-2-4-8(5-3-1)9-6-7-10-11-9;8-6-7-4-2-1-3-5-7;2*1-2;2-1-3-4;;/h1-5,9H,6H2;1-6H;2*1-2H3;4H,(H2,2,3);;/q-1;;;;-1;;. The molecule has 2 radical (unpaired) electrons. The molecular weight excluding hydrogens is 520 g/mol. The van der Waals surface area contributed by atoms with Gasteiger partial charge in [0.25, 0.3) is 0 Å². The summed E-state index contributed by atoms with van der Waals surface area (Å²) >= 11 is 0. The Kier molecular flexibility index (Phi) is 35.8. The van der Waals surface area contributed by atoms with E-state index < -0.39 is 0 Å². The van der Waals surface area contributed by atoms with Gasteiger partial charge in [0.1, 0.15) is 12.4 Å². The van der Waals surface area contributed by atoms with Crippen LogP contribution < -0.4 is 5.73 Å². The van der Waals surface area contributed by atoms with Crippen molar-refractivity contribution in [2.75, 3.05) is 0 Å². The molecule has 154 valence electrons. The normalized spacial score (nSPS) is 12.2. The summed E-state index contributed by atoms with van der Waals surface area (Å²) in [4.78, 5) is 15.1. The molecule has 2 aromatic carbocycles. The second kappa shape index (κ2) is 29.3. The van der Waals surface area contributed by atoms with Crippen molar-refractivity contribution in [2.24, 2.45) is 16.0 Å². The summed E-state index contributed by atoms with van der Waals surface area (Å²) in [6, 6.07) is 19.2. The molecule has 0 spiro atoms. The van der Waals surface area contributed by atoms with Gasteiger partial charge in [-0.2, -0.15) is 0 Å². The van der Waals surface area contributed by atoms with E-state index in [0.29, 0.717) is 0 Å². The van der Waals surface area contributed by atoms with Gasteiger partial charge in [0, 0.05) is 71.0 Å². The fourth-order valence-electron chi connectivity index (χ4n) is 1.64. The summed E-state index contributed by atoms with van der Waals surface area (Å²) in [7, 11) is 0. The molecule has 1 aliphatic heterocycles. The number of nitrogens with zero attached hydrogens (tertiary/aromatic N) is 2. The first-order valence-electron chi connectivity index (χ1n) is 8.75. The van der Waals surface area contributed by atoms with E-state index in [9.17, 15) is 4.79 Å². The van der Waals surface area contributed by atoms with Gasteiger partial charge in [0.15, 0.2) is 0 Å². The molecular formula is C21H29N3O3Y2-2. The zero-order chi connectivity index (χ0) is 20.8. The molecule has 0 fully saturated rings. The third-order valence-electron chi connectivity index (χ3n) is 2.69. The monoisotopic (exact) mass is 549 g/mol. The summed E-state index contributed by atoms with van der Waals surface area (Å²) < 4.78 is 0. The molecule has 1 aliphatic rings. The van der Waals surface area contributed by atoms with E-state index in [-0.39, 0.29) is 71.5 Å². The molecule has 29 heavy (non-hydrogen) atoms. The van der Waals surface area contributed by atoms with Gasteiger partial charge in [-0.3, -0.25) is 16.3 Å². The summed E-state index contributed by atoms with van der Waals surface area (Å²) in [5.74, 6) is 0. The van der Waals surface area contributed by atoms with Gasteiger partial charge < -0.3 is 27.1 Å². The second-order valence-electron chi connectivity index (χ2n) is 4.22. The first-order chi connectivity index (χ1) is 13.3. The van der Waals surface area contributed by atoms with Crippen LogP contribution in [0.15, 0.2) is 71.0 Å². The molecule has 1 unspecified atom stereocenters. The van der Waals surface area contributed by atoms with Gasteiger partial charge in [-0.15, -0.1) is 6.42 Å². The van der Waals surface area contributed by atoms with Crippen molar-refractivity contribution in [1.29, 1.82) is 0 Å². The van der Waals surface area contributed by atoms with E-state index >= 15 is 0 Å². The number of nitrogens with two attached hydrogens (primary N) is 1. The molecule has 0 amide bonds. The second-order valence-corrected chi connectivity index (χ2v) is 4.22. The summed E-state index contributed by atoms with van der Waals surface area (Å²) in [6.45, 7) is 8.00. The molecule has 2 aromatic rings.